The van der Waals surface area contributed by atoms with E-state index in [1.165, 1.54) is 0 Å². The molecule has 1 aromatic heterocycles. The molecule has 6 nitrogen and oxygen atoms in total. The van der Waals surface area contributed by atoms with Crippen molar-refractivity contribution in [2.75, 3.05) is 13.1 Å². The lowest BCUT2D eigenvalue weighted by Gasteiger charge is -2.08. The molecule has 0 amide bonds. The van der Waals surface area contributed by atoms with Gasteiger partial charge in [-0.05, 0) is 43.4 Å². The Morgan fingerprint density at radius 2 is 1.86 bits per heavy atom. The van der Waals surface area contributed by atoms with Crippen LogP contribution in [-0.2, 0) is 16.6 Å². The molecule has 0 fully saturated rings. The smallest absolute Gasteiger partial charge is 0.276 e. The van der Waals surface area contributed by atoms with Gasteiger partial charge in [0.25, 0.3) is 15.8 Å². The van der Waals surface area contributed by atoms with E-state index in [0.717, 1.165) is 22.9 Å². The summed E-state index contributed by atoms with van der Waals surface area (Å²) in [7, 11) is -3.49. The van der Waals surface area contributed by atoms with Gasteiger partial charge < -0.3 is 4.98 Å². The van der Waals surface area contributed by atoms with Crippen molar-refractivity contribution in [1.82, 2.24) is 14.4 Å². The third-order valence-electron chi connectivity index (χ3n) is 3.31. The van der Waals surface area contributed by atoms with Crippen LogP contribution in [0.5, 0.6) is 0 Å². The Labute approximate surface area is 130 Å². The first-order valence-electron chi connectivity index (χ1n) is 7.28. The molecular formula is C15H21N3O3S. The number of H-pyrrole nitrogens is 1. The highest BCUT2D eigenvalue weighted by Gasteiger charge is 2.09. The van der Waals surface area contributed by atoms with E-state index >= 15 is 0 Å². The number of hydrogen-bond acceptors (Lipinski definition) is 3. The van der Waals surface area contributed by atoms with Crippen LogP contribution in [0.2, 0.25) is 0 Å². The first kappa shape index (κ1) is 16.7. The molecule has 0 saturated carbocycles. The number of aryl methyl sites for hydroxylation is 1. The Balaban J connectivity index is 2.08. The number of aromatic nitrogens is 1. The molecule has 0 atom stereocenters. The molecule has 0 aliphatic carbocycles. The van der Waals surface area contributed by atoms with Gasteiger partial charge in [-0.1, -0.05) is 18.6 Å². The van der Waals surface area contributed by atoms with Gasteiger partial charge in [-0.3, -0.25) is 4.79 Å². The highest BCUT2D eigenvalue weighted by atomic mass is 32.2. The van der Waals surface area contributed by atoms with Crippen molar-refractivity contribution >= 4 is 21.1 Å². The largest absolute Gasteiger partial charge is 0.322 e. The molecule has 0 radical (unpaired) electrons. The summed E-state index contributed by atoms with van der Waals surface area (Å²) in [5.74, 6) is 0. The normalized spacial score (nSPS) is 11.9. The molecule has 0 spiro atoms. The maximum atomic E-state index is 12.0. The molecule has 7 heteroatoms. The molecule has 120 valence electrons. The third-order valence-corrected chi connectivity index (χ3v) is 4.47. The molecule has 1 aromatic carbocycles. The van der Waals surface area contributed by atoms with Crippen molar-refractivity contribution in [2.45, 2.75) is 26.7 Å². The fraction of sp³-hybridized carbons (Fsp3) is 0.400. The predicted molar refractivity (Wildman–Crippen MR) is 88.2 cm³/mol. The van der Waals surface area contributed by atoms with Crippen LogP contribution in [-0.4, -0.2) is 26.5 Å². The summed E-state index contributed by atoms with van der Waals surface area (Å²) in [4.78, 5) is 14.8. The average molecular weight is 323 g/mol. The molecule has 0 saturated heterocycles. The van der Waals surface area contributed by atoms with E-state index in [2.05, 4.69) is 14.4 Å². The van der Waals surface area contributed by atoms with Gasteiger partial charge in [-0.15, -0.1) is 0 Å². The minimum Gasteiger partial charge on any atom is -0.322 e. The summed E-state index contributed by atoms with van der Waals surface area (Å²) in [6.45, 7) is 4.45. The highest BCUT2D eigenvalue weighted by Crippen LogP contribution is 2.13. The third kappa shape index (κ3) is 4.40. The van der Waals surface area contributed by atoms with Crippen molar-refractivity contribution in [1.29, 1.82) is 0 Å². The van der Waals surface area contributed by atoms with Crippen LogP contribution in [0.25, 0.3) is 10.9 Å². The molecule has 3 N–H and O–H groups in total. The van der Waals surface area contributed by atoms with E-state index in [1.54, 1.807) is 0 Å². The van der Waals surface area contributed by atoms with Gasteiger partial charge in [0, 0.05) is 24.2 Å². The number of aromatic amines is 1. The van der Waals surface area contributed by atoms with Crippen molar-refractivity contribution < 1.29 is 8.42 Å². The van der Waals surface area contributed by atoms with Crippen LogP contribution in [0.1, 0.15) is 24.5 Å². The molecule has 1 heterocycles. The van der Waals surface area contributed by atoms with Gasteiger partial charge in [-0.25, -0.2) is 9.44 Å². The number of hydrogen-bond donors (Lipinski definition) is 3. The van der Waals surface area contributed by atoms with Gasteiger partial charge in [0.1, 0.15) is 0 Å². The molecule has 0 bridgehead atoms. The molecule has 0 aliphatic heterocycles. The number of pyridine rings is 1. The minimum absolute atomic E-state index is 0.180. The summed E-state index contributed by atoms with van der Waals surface area (Å²) in [5, 5.41) is 0.946. The first-order valence-corrected chi connectivity index (χ1v) is 8.76. The summed E-state index contributed by atoms with van der Waals surface area (Å²) in [6.07, 6.45) is 1.07. The van der Waals surface area contributed by atoms with Crippen molar-refractivity contribution in [3.63, 3.8) is 0 Å². The molecule has 22 heavy (non-hydrogen) atoms. The maximum absolute atomic E-state index is 12.0. The number of fused-ring (bicyclic) bond motifs is 1. The zero-order chi connectivity index (χ0) is 16.2. The summed E-state index contributed by atoms with van der Waals surface area (Å²) in [6, 6.07) is 7.61. The first-order chi connectivity index (χ1) is 10.4. The Morgan fingerprint density at radius 1 is 1.14 bits per heavy atom. The Morgan fingerprint density at radius 3 is 2.59 bits per heavy atom. The lowest BCUT2D eigenvalue weighted by molar-refractivity contribution is 0.565. The van der Waals surface area contributed by atoms with Crippen LogP contribution in [0.3, 0.4) is 0 Å². The predicted octanol–water partition coefficient (Wildman–Crippen LogP) is 1.21. The quantitative estimate of drug-likeness (QED) is 0.715. The van der Waals surface area contributed by atoms with Crippen molar-refractivity contribution in [3.8, 4) is 0 Å². The van der Waals surface area contributed by atoms with Crippen LogP contribution < -0.4 is 15.0 Å². The van der Waals surface area contributed by atoms with E-state index < -0.39 is 10.2 Å². The van der Waals surface area contributed by atoms with Crippen LogP contribution in [0.4, 0.5) is 0 Å². The molecule has 2 rings (SSSR count). The van der Waals surface area contributed by atoms with Gasteiger partial charge in [-0.2, -0.15) is 8.42 Å². The lowest BCUT2D eigenvalue weighted by Crippen LogP contribution is -2.38. The lowest BCUT2D eigenvalue weighted by atomic mass is 10.1. The van der Waals surface area contributed by atoms with Crippen molar-refractivity contribution in [2.24, 2.45) is 0 Å². The number of nitrogens with one attached hydrogen (secondary N) is 3. The second kappa shape index (κ2) is 7.04. The van der Waals surface area contributed by atoms with Crippen LogP contribution in [0.15, 0.2) is 29.1 Å². The minimum atomic E-state index is -3.49. The van der Waals surface area contributed by atoms with E-state index in [4.69, 9.17) is 0 Å². The van der Waals surface area contributed by atoms with Gasteiger partial charge in [0.05, 0.1) is 0 Å². The van der Waals surface area contributed by atoms with Crippen LogP contribution >= 0.6 is 0 Å². The number of benzene rings is 1. The van der Waals surface area contributed by atoms with E-state index in [9.17, 15) is 13.2 Å². The Bertz CT molecular complexity index is 812. The second-order valence-electron chi connectivity index (χ2n) is 5.26. The second-order valence-corrected chi connectivity index (χ2v) is 6.84. The highest BCUT2D eigenvalue weighted by molar-refractivity contribution is 7.87. The monoisotopic (exact) mass is 323 g/mol. The standard InChI is InChI=1S/C15H21N3O3S/c1-3-7-16-22(20,21)17-8-6-12-10-13-9-11(2)4-5-14(13)18-15(12)19/h4-5,9-10,16-17H,3,6-8H2,1-2H3,(H,18,19). The fourth-order valence-electron chi connectivity index (χ4n) is 2.16. The molecule has 2 aromatic rings. The summed E-state index contributed by atoms with van der Waals surface area (Å²) in [5.41, 5.74) is 2.27. The van der Waals surface area contributed by atoms with Crippen LogP contribution in [0, 0.1) is 6.92 Å². The van der Waals surface area contributed by atoms with E-state index in [-0.39, 0.29) is 12.1 Å². The van der Waals surface area contributed by atoms with Gasteiger partial charge in [0.15, 0.2) is 0 Å². The summed E-state index contributed by atoms with van der Waals surface area (Å²) < 4.78 is 28.1. The average Bonchev–Trinajstić information content (AvgIpc) is 2.46. The fourth-order valence-corrected chi connectivity index (χ4v) is 3.11. The van der Waals surface area contributed by atoms with E-state index in [0.29, 0.717) is 18.5 Å². The van der Waals surface area contributed by atoms with Crippen molar-refractivity contribution in [3.05, 3.63) is 45.7 Å². The zero-order valence-corrected chi connectivity index (χ0v) is 13.6. The molecular weight excluding hydrogens is 302 g/mol. The Kier molecular flexibility index (Phi) is 5.33. The maximum Gasteiger partial charge on any atom is 0.276 e. The topological polar surface area (TPSA) is 91.1 Å². The van der Waals surface area contributed by atoms with Gasteiger partial charge >= 0.3 is 0 Å². The zero-order valence-electron chi connectivity index (χ0n) is 12.8. The Hall–Kier alpha value is -1.70. The molecule has 0 unspecified atom stereocenters. The molecule has 0 aliphatic rings. The van der Waals surface area contributed by atoms with E-state index in [1.807, 2.05) is 38.1 Å². The SMILES string of the molecule is CCCNS(=O)(=O)NCCc1cc2cc(C)ccc2[nH]c1=O. The van der Waals surface area contributed by atoms with Gasteiger partial charge in [0.2, 0.25) is 0 Å². The number of rotatable bonds is 7. The summed E-state index contributed by atoms with van der Waals surface area (Å²) >= 11 is 0.